The average Bonchev–Trinajstić information content (AvgIpc) is 2.45. The van der Waals surface area contributed by atoms with E-state index in [0.717, 1.165) is 11.6 Å². The predicted octanol–water partition coefficient (Wildman–Crippen LogP) is 2.69. The van der Waals surface area contributed by atoms with Gasteiger partial charge in [-0.2, -0.15) is 0 Å². The van der Waals surface area contributed by atoms with E-state index in [1.807, 2.05) is 13.0 Å². The Hall–Kier alpha value is -2.69. The highest BCUT2D eigenvalue weighted by Gasteiger charge is 2.25. The highest BCUT2D eigenvalue weighted by Crippen LogP contribution is 2.18. The van der Waals surface area contributed by atoms with Crippen LogP contribution in [0.4, 0.5) is 4.39 Å². The summed E-state index contributed by atoms with van der Waals surface area (Å²) in [6, 6.07) is 10.8. The van der Waals surface area contributed by atoms with Crippen LogP contribution < -0.4 is 5.32 Å². The molecular weight excluding hydrogens is 273 g/mol. The molecule has 0 aliphatic heterocycles. The molecule has 1 atom stereocenters. The molecule has 2 N–H and O–H groups in total. The smallest absolute Gasteiger partial charge is 0.331 e. The van der Waals surface area contributed by atoms with E-state index in [1.165, 1.54) is 18.2 Å². The van der Waals surface area contributed by atoms with Gasteiger partial charge in [0.05, 0.1) is 0 Å². The third-order valence-corrected chi connectivity index (χ3v) is 3.02. The minimum absolute atomic E-state index is 0.0778. The van der Waals surface area contributed by atoms with Crippen LogP contribution in [-0.4, -0.2) is 17.0 Å². The Morgan fingerprint density at radius 3 is 2.48 bits per heavy atom. The second-order valence-electron chi connectivity index (χ2n) is 4.64. The minimum atomic E-state index is -1.43. The van der Waals surface area contributed by atoms with Crippen LogP contribution in [0.5, 0.6) is 0 Å². The number of rotatable bonds is 4. The molecule has 4 nitrogen and oxygen atoms in total. The normalized spacial score (nSPS) is 11.7. The van der Waals surface area contributed by atoms with Crippen molar-refractivity contribution in [2.45, 2.75) is 13.0 Å². The Balaban J connectivity index is 2.27. The van der Waals surface area contributed by atoms with Crippen LogP contribution in [0.25, 0.3) is 0 Å². The first kappa shape index (κ1) is 14.7. The number of halogens is 1. The van der Waals surface area contributed by atoms with Crippen molar-refractivity contribution in [3.05, 3.63) is 71.0 Å². The molecule has 1 amide bonds. The lowest BCUT2D eigenvalue weighted by atomic mass is 10.1. The molecule has 0 heterocycles. The first-order valence-corrected chi connectivity index (χ1v) is 6.34. The van der Waals surface area contributed by atoms with Gasteiger partial charge in [0.15, 0.2) is 6.04 Å². The van der Waals surface area contributed by atoms with Gasteiger partial charge in [-0.25, -0.2) is 9.18 Å². The van der Waals surface area contributed by atoms with Crippen LogP contribution in [0, 0.1) is 12.7 Å². The highest BCUT2D eigenvalue weighted by molar-refractivity contribution is 5.97. The average molecular weight is 287 g/mol. The van der Waals surface area contributed by atoms with Crippen molar-refractivity contribution < 1.29 is 19.1 Å². The standard InChI is InChI=1S/C16H14FNO3/c1-10-5-4-6-11(9-10)15(19)18-14(16(20)21)12-7-2-3-8-13(12)17/h2-9,14H,1H3,(H,18,19)(H,20,21)/t14-/m0/s1. The van der Waals surface area contributed by atoms with Crippen molar-refractivity contribution in [2.75, 3.05) is 0 Å². The molecule has 108 valence electrons. The zero-order chi connectivity index (χ0) is 15.4. The molecule has 0 bridgehead atoms. The van der Waals surface area contributed by atoms with Crippen molar-refractivity contribution in [3.63, 3.8) is 0 Å². The largest absolute Gasteiger partial charge is 0.479 e. The Morgan fingerprint density at radius 2 is 1.86 bits per heavy atom. The summed E-state index contributed by atoms with van der Waals surface area (Å²) < 4.78 is 13.7. The summed E-state index contributed by atoms with van der Waals surface area (Å²) >= 11 is 0. The Bertz CT molecular complexity index is 685. The molecule has 5 heteroatoms. The molecule has 0 aliphatic carbocycles. The fourth-order valence-electron chi connectivity index (χ4n) is 1.98. The molecule has 0 aliphatic rings. The number of amides is 1. The molecular formula is C16H14FNO3. The Morgan fingerprint density at radius 1 is 1.14 bits per heavy atom. The maximum Gasteiger partial charge on any atom is 0.331 e. The van der Waals surface area contributed by atoms with Gasteiger partial charge in [-0.1, -0.05) is 35.9 Å². The van der Waals surface area contributed by atoms with E-state index >= 15 is 0 Å². The second-order valence-corrected chi connectivity index (χ2v) is 4.64. The van der Waals surface area contributed by atoms with Gasteiger partial charge in [0.25, 0.3) is 5.91 Å². The van der Waals surface area contributed by atoms with Gasteiger partial charge in [-0.15, -0.1) is 0 Å². The fourth-order valence-corrected chi connectivity index (χ4v) is 1.98. The van der Waals surface area contributed by atoms with Crippen molar-refractivity contribution in [2.24, 2.45) is 0 Å². The molecule has 0 fully saturated rings. The monoisotopic (exact) mass is 287 g/mol. The maximum atomic E-state index is 13.7. The van der Waals surface area contributed by atoms with Crippen molar-refractivity contribution >= 4 is 11.9 Å². The third kappa shape index (κ3) is 3.45. The van der Waals surface area contributed by atoms with Crippen LogP contribution in [0.2, 0.25) is 0 Å². The third-order valence-electron chi connectivity index (χ3n) is 3.02. The summed E-state index contributed by atoms with van der Waals surface area (Å²) in [5.74, 6) is -2.55. The quantitative estimate of drug-likeness (QED) is 0.908. The van der Waals surface area contributed by atoms with E-state index < -0.39 is 23.7 Å². The van der Waals surface area contributed by atoms with Gasteiger partial charge in [0, 0.05) is 11.1 Å². The number of aryl methyl sites for hydroxylation is 1. The van der Waals surface area contributed by atoms with Gasteiger partial charge in [0.1, 0.15) is 5.82 Å². The maximum absolute atomic E-state index is 13.7. The molecule has 0 radical (unpaired) electrons. The van der Waals surface area contributed by atoms with E-state index in [4.69, 9.17) is 0 Å². The van der Waals surface area contributed by atoms with Crippen LogP contribution in [0.1, 0.15) is 27.5 Å². The number of carboxylic acid groups (broad SMARTS) is 1. The Labute approximate surface area is 121 Å². The molecule has 21 heavy (non-hydrogen) atoms. The molecule has 2 aromatic carbocycles. The van der Waals surface area contributed by atoms with Crippen LogP contribution in [0.3, 0.4) is 0 Å². The molecule has 0 unspecified atom stereocenters. The summed E-state index contributed by atoms with van der Waals surface area (Å²) in [5, 5.41) is 11.6. The molecule has 0 aromatic heterocycles. The van der Waals surface area contributed by atoms with Gasteiger partial charge >= 0.3 is 5.97 Å². The molecule has 0 spiro atoms. The fraction of sp³-hybridized carbons (Fsp3) is 0.125. The van der Waals surface area contributed by atoms with Gasteiger partial charge in [-0.3, -0.25) is 4.79 Å². The van der Waals surface area contributed by atoms with E-state index in [-0.39, 0.29) is 5.56 Å². The SMILES string of the molecule is Cc1cccc(C(=O)N[C@H](C(=O)O)c2ccccc2F)c1. The lowest BCUT2D eigenvalue weighted by Gasteiger charge is -2.15. The van der Waals surface area contributed by atoms with Gasteiger partial charge < -0.3 is 10.4 Å². The molecule has 2 aromatic rings. The van der Waals surface area contributed by atoms with E-state index in [0.29, 0.717) is 5.56 Å². The van der Waals surface area contributed by atoms with E-state index in [2.05, 4.69) is 5.32 Å². The zero-order valence-electron chi connectivity index (χ0n) is 11.3. The molecule has 0 saturated heterocycles. The summed E-state index contributed by atoms with van der Waals surface area (Å²) in [7, 11) is 0. The number of carbonyl (C=O) groups is 2. The zero-order valence-corrected chi connectivity index (χ0v) is 11.3. The minimum Gasteiger partial charge on any atom is -0.479 e. The second kappa shape index (κ2) is 6.17. The molecule has 0 saturated carbocycles. The lowest BCUT2D eigenvalue weighted by Crippen LogP contribution is -2.34. The number of nitrogens with one attached hydrogen (secondary N) is 1. The Kier molecular flexibility index (Phi) is 4.33. The van der Waals surface area contributed by atoms with Crippen LogP contribution in [-0.2, 0) is 4.79 Å². The highest BCUT2D eigenvalue weighted by atomic mass is 19.1. The first-order chi connectivity index (χ1) is 9.99. The van der Waals surface area contributed by atoms with Crippen LogP contribution in [0.15, 0.2) is 48.5 Å². The number of aliphatic carboxylic acids is 1. The van der Waals surface area contributed by atoms with Crippen molar-refractivity contribution in [1.82, 2.24) is 5.32 Å². The first-order valence-electron chi connectivity index (χ1n) is 6.34. The van der Waals surface area contributed by atoms with Crippen LogP contribution >= 0.6 is 0 Å². The van der Waals surface area contributed by atoms with Gasteiger partial charge in [0.2, 0.25) is 0 Å². The molecule has 2 rings (SSSR count). The lowest BCUT2D eigenvalue weighted by molar-refractivity contribution is -0.139. The summed E-state index contributed by atoms with van der Waals surface area (Å²) in [6.45, 7) is 1.82. The summed E-state index contributed by atoms with van der Waals surface area (Å²) in [6.07, 6.45) is 0. The number of carboxylic acids is 1. The topological polar surface area (TPSA) is 66.4 Å². The van der Waals surface area contributed by atoms with Crippen molar-refractivity contribution in [3.8, 4) is 0 Å². The number of hydrogen-bond donors (Lipinski definition) is 2. The van der Waals surface area contributed by atoms with E-state index in [1.54, 1.807) is 18.2 Å². The van der Waals surface area contributed by atoms with Gasteiger partial charge in [-0.05, 0) is 25.1 Å². The summed E-state index contributed by atoms with van der Waals surface area (Å²) in [4.78, 5) is 23.4. The van der Waals surface area contributed by atoms with E-state index in [9.17, 15) is 19.1 Å². The number of carbonyl (C=O) groups excluding carboxylic acids is 1. The number of benzene rings is 2. The van der Waals surface area contributed by atoms with Crippen molar-refractivity contribution in [1.29, 1.82) is 0 Å². The number of hydrogen-bond acceptors (Lipinski definition) is 2. The summed E-state index contributed by atoms with van der Waals surface area (Å²) in [5.41, 5.74) is 1.13. The predicted molar refractivity (Wildman–Crippen MR) is 75.4 cm³/mol.